The highest BCUT2D eigenvalue weighted by Crippen LogP contribution is 2.13. The van der Waals surface area contributed by atoms with Crippen molar-refractivity contribution >= 4 is 5.91 Å². The van der Waals surface area contributed by atoms with Crippen LogP contribution in [0.4, 0.5) is 0 Å². The molecular weight excluding hydrogens is 308 g/mol. The molecule has 0 saturated carbocycles. The van der Waals surface area contributed by atoms with Crippen molar-refractivity contribution in [3.8, 4) is 0 Å². The quantitative estimate of drug-likeness (QED) is 0.249. The molecule has 148 valence electrons. The first-order valence-electron chi connectivity index (χ1n) is 10.8. The first-order valence-corrected chi connectivity index (χ1v) is 10.8. The second-order valence-corrected chi connectivity index (χ2v) is 7.32. The lowest BCUT2D eigenvalue weighted by molar-refractivity contribution is -0.127. The van der Waals surface area contributed by atoms with Gasteiger partial charge < -0.3 is 10.6 Å². The minimum Gasteiger partial charge on any atom is -0.339 e. The lowest BCUT2D eigenvalue weighted by Crippen LogP contribution is -2.34. The smallest absolute Gasteiger partial charge is 0.249 e. The topological polar surface area (TPSA) is 46.3 Å². The number of hydrogen-bond donors (Lipinski definition) is 1. The molecule has 0 aromatic heterocycles. The number of amides is 1. The molecule has 1 amide bonds. The van der Waals surface area contributed by atoms with Crippen molar-refractivity contribution in [2.24, 2.45) is 5.73 Å². The summed E-state index contributed by atoms with van der Waals surface area (Å²) in [4.78, 5) is 14.7. The van der Waals surface area contributed by atoms with Gasteiger partial charge in [-0.15, -0.1) is 0 Å². The van der Waals surface area contributed by atoms with Crippen molar-refractivity contribution in [3.05, 3.63) is 12.2 Å². The summed E-state index contributed by atoms with van der Waals surface area (Å²) >= 11 is 0. The fourth-order valence-electron chi connectivity index (χ4n) is 3.13. The van der Waals surface area contributed by atoms with E-state index >= 15 is 0 Å². The van der Waals surface area contributed by atoms with Crippen molar-refractivity contribution in [2.75, 3.05) is 19.6 Å². The van der Waals surface area contributed by atoms with Gasteiger partial charge in [-0.05, 0) is 32.2 Å². The monoisotopic (exact) mass is 352 g/mol. The van der Waals surface area contributed by atoms with E-state index in [2.05, 4.69) is 25.3 Å². The Morgan fingerprint density at radius 1 is 0.760 bits per heavy atom. The number of unbranched alkanes of at least 4 members (excludes halogenated alkanes) is 10. The maximum Gasteiger partial charge on any atom is 0.249 e. The van der Waals surface area contributed by atoms with Gasteiger partial charge in [0.1, 0.15) is 0 Å². The van der Waals surface area contributed by atoms with E-state index < -0.39 is 0 Å². The third kappa shape index (κ3) is 14.1. The highest BCUT2D eigenvalue weighted by Gasteiger charge is 2.15. The molecule has 0 spiro atoms. The molecule has 0 saturated heterocycles. The van der Waals surface area contributed by atoms with Gasteiger partial charge in [0.05, 0.1) is 0 Å². The van der Waals surface area contributed by atoms with E-state index in [0.717, 1.165) is 44.3 Å². The molecule has 0 radical (unpaired) electrons. The molecule has 0 rings (SSSR count). The molecule has 0 fully saturated rings. The summed E-state index contributed by atoms with van der Waals surface area (Å²) in [6.45, 7) is 10.9. The van der Waals surface area contributed by atoms with E-state index in [-0.39, 0.29) is 5.91 Å². The zero-order valence-electron chi connectivity index (χ0n) is 17.2. The summed E-state index contributed by atoms with van der Waals surface area (Å²) in [7, 11) is 0. The second kappa shape index (κ2) is 18.0. The molecule has 0 aromatic carbocycles. The third-order valence-electron chi connectivity index (χ3n) is 4.84. The maximum atomic E-state index is 12.7. The maximum absolute atomic E-state index is 12.7. The largest absolute Gasteiger partial charge is 0.339 e. The van der Waals surface area contributed by atoms with E-state index in [1.165, 1.54) is 64.2 Å². The molecule has 0 unspecified atom stereocenters. The summed E-state index contributed by atoms with van der Waals surface area (Å²) < 4.78 is 0. The molecule has 0 aliphatic rings. The molecular formula is C22H44N2O. The number of carbonyl (C=O) groups excluding carboxylic acids is 1. The van der Waals surface area contributed by atoms with E-state index in [4.69, 9.17) is 5.73 Å². The zero-order valence-corrected chi connectivity index (χ0v) is 17.2. The summed E-state index contributed by atoms with van der Waals surface area (Å²) in [5.74, 6) is 0.163. The van der Waals surface area contributed by atoms with E-state index in [1.807, 2.05) is 0 Å². The fourth-order valence-corrected chi connectivity index (χ4v) is 3.13. The molecule has 25 heavy (non-hydrogen) atoms. The van der Waals surface area contributed by atoms with Gasteiger partial charge in [-0.25, -0.2) is 0 Å². The van der Waals surface area contributed by atoms with E-state index in [9.17, 15) is 4.79 Å². The Morgan fingerprint density at radius 3 is 1.64 bits per heavy atom. The van der Waals surface area contributed by atoms with Crippen molar-refractivity contribution in [1.29, 1.82) is 0 Å². The fraction of sp³-hybridized carbons (Fsp3) is 0.864. The van der Waals surface area contributed by atoms with E-state index in [1.54, 1.807) is 0 Å². The predicted octanol–water partition coefficient (Wildman–Crippen LogP) is 5.83. The van der Waals surface area contributed by atoms with Crippen LogP contribution in [-0.2, 0) is 4.79 Å². The normalized spacial score (nSPS) is 10.8. The van der Waals surface area contributed by atoms with Gasteiger partial charge in [-0.3, -0.25) is 4.79 Å². The van der Waals surface area contributed by atoms with E-state index in [0.29, 0.717) is 6.54 Å². The SMILES string of the molecule is C=C(CCCN)C(=O)N(CCCCCCCC)CCCCCCCC. The minimum absolute atomic E-state index is 0.163. The second-order valence-electron chi connectivity index (χ2n) is 7.32. The lowest BCUT2D eigenvalue weighted by atomic mass is 10.1. The van der Waals surface area contributed by atoms with Gasteiger partial charge in [0.2, 0.25) is 5.91 Å². The minimum atomic E-state index is 0.163. The van der Waals surface area contributed by atoms with Crippen LogP contribution in [0.15, 0.2) is 12.2 Å². The summed E-state index contributed by atoms with van der Waals surface area (Å²) in [5.41, 5.74) is 6.30. The molecule has 3 heteroatoms. The molecule has 0 aliphatic heterocycles. The van der Waals surface area contributed by atoms with Gasteiger partial charge >= 0.3 is 0 Å². The Morgan fingerprint density at radius 2 is 1.20 bits per heavy atom. The summed E-state index contributed by atoms with van der Waals surface area (Å²) in [6.07, 6.45) is 16.7. The van der Waals surface area contributed by atoms with Gasteiger partial charge in [-0.2, -0.15) is 0 Å². The summed E-state index contributed by atoms with van der Waals surface area (Å²) in [5, 5.41) is 0. The molecule has 2 N–H and O–H groups in total. The Hall–Kier alpha value is -0.830. The van der Waals surface area contributed by atoms with Crippen molar-refractivity contribution in [1.82, 2.24) is 4.90 Å². The number of nitrogens with two attached hydrogens (primary N) is 1. The Bertz CT molecular complexity index is 312. The lowest BCUT2D eigenvalue weighted by Gasteiger charge is -2.24. The molecule has 0 atom stereocenters. The Labute approximate surface area is 157 Å². The van der Waals surface area contributed by atoms with Gasteiger partial charge in [0.25, 0.3) is 0 Å². The van der Waals surface area contributed by atoms with Crippen molar-refractivity contribution in [3.63, 3.8) is 0 Å². The van der Waals surface area contributed by atoms with Crippen LogP contribution in [0.5, 0.6) is 0 Å². The van der Waals surface area contributed by atoms with Crippen LogP contribution in [0.3, 0.4) is 0 Å². The van der Waals surface area contributed by atoms with Crippen molar-refractivity contribution in [2.45, 2.75) is 104 Å². The molecule has 0 bridgehead atoms. The number of hydrogen-bond acceptors (Lipinski definition) is 2. The highest BCUT2D eigenvalue weighted by molar-refractivity contribution is 5.92. The van der Waals surface area contributed by atoms with Crippen LogP contribution in [-0.4, -0.2) is 30.4 Å². The third-order valence-corrected chi connectivity index (χ3v) is 4.84. The first-order chi connectivity index (χ1) is 12.2. The van der Waals surface area contributed by atoms with Crippen LogP contribution >= 0.6 is 0 Å². The number of rotatable bonds is 18. The van der Waals surface area contributed by atoms with Gasteiger partial charge in [0, 0.05) is 18.7 Å². The van der Waals surface area contributed by atoms with Gasteiger partial charge in [-0.1, -0.05) is 84.6 Å². The molecule has 0 heterocycles. The summed E-state index contributed by atoms with van der Waals surface area (Å²) in [6, 6.07) is 0. The first kappa shape index (κ1) is 24.2. The molecule has 0 aromatic rings. The molecule has 3 nitrogen and oxygen atoms in total. The Kier molecular flexibility index (Phi) is 17.4. The number of carbonyl (C=O) groups is 1. The molecule has 0 aliphatic carbocycles. The van der Waals surface area contributed by atoms with Crippen LogP contribution in [0.1, 0.15) is 104 Å². The van der Waals surface area contributed by atoms with Crippen LogP contribution in [0.25, 0.3) is 0 Å². The standard InChI is InChI=1S/C22H44N2O/c1-4-6-8-10-12-14-19-24(20-15-13-11-9-7-5-2)22(25)21(3)17-16-18-23/h3-20,23H2,1-2H3. The number of nitrogens with zero attached hydrogens (tertiary/aromatic N) is 1. The van der Waals surface area contributed by atoms with Crippen LogP contribution in [0, 0.1) is 0 Å². The highest BCUT2D eigenvalue weighted by atomic mass is 16.2. The van der Waals surface area contributed by atoms with Crippen LogP contribution < -0.4 is 5.73 Å². The van der Waals surface area contributed by atoms with Gasteiger partial charge in [0.15, 0.2) is 0 Å². The van der Waals surface area contributed by atoms with Crippen LogP contribution in [0.2, 0.25) is 0 Å². The average Bonchev–Trinajstić information content (AvgIpc) is 2.62. The zero-order chi connectivity index (χ0) is 18.8. The predicted molar refractivity (Wildman–Crippen MR) is 111 cm³/mol. The van der Waals surface area contributed by atoms with Crippen molar-refractivity contribution < 1.29 is 4.79 Å². The average molecular weight is 353 g/mol. The Balaban J connectivity index is 4.20.